The number of benzene rings is 2. The summed E-state index contributed by atoms with van der Waals surface area (Å²) in [6.45, 7) is 0. The van der Waals surface area contributed by atoms with E-state index in [-0.39, 0.29) is 17.5 Å². The summed E-state index contributed by atoms with van der Waals surface area (Å²) in [6.07, 6.45) is 3.56. The largest absolute Gasteiger partial charge is 0.508 e. The molecule has 1 unspecified atom stereocenters. The Hall–Kier alpha value is -2.09. The fourth-order valence-electron chi connectivity index (χ4n) is 3.03. The second kappa shape index (κ2) is 5.49. The third-order valence-electron chi connectivity index (χ3n) is 4.07. The number of Topliss-reactive ketones (excluding diaryl/α,β-unsaturated/α-hetero) is 1. The average molecular weight is 266 g/mol. The van der Waals surface area contributed by atoms with Crippen LogP contribution in [0.3, 0.4) is 0 Å². The van der Waals surface area contributed by atoms with Gasteiger partial charge in [0.1, 0.15) is 11.5 Å². The Morgan fingerprint density at radius 3 is 2.65 bits per heavy atom. The van der Waals surface area contributed by atoms with Crippen molar-refractivity contribution >= 4 is 5.78 Å². The highest BCUT2D eigenvalue weighted by Gasteiger charge is 2.25. The maximum atomic E-state index is 12.6. The molecule has 1 atom stereocenters. The molecule has 0 bridgehead atoms. The molecule has 0 spiro atoms. The van der Waals surface area contributed by atoms with Gasteiger partial charge < -0.3 is 5.11 Å². The Balaban J connectivity index is 1.80. The third kappa shape index (κ3) is 2.60. The van der Waals surface area contributed by atoms with Crippen LogP contribution in [0.4, 0.5) is 0 Å². The van der Waals surface area contributed by atoms with E-state index in [2.05, 4.69) is 12.1 Å². The minimum Gasteiger partial charge on any atom is -0.508 e. The summed E-state index contributed by atoms with van der Waals surface area (Å²) in [6, 6.07) is 15.2. The van der Waals surface area contributed by atoms with E-state index < -0.39 is 0 Å². The number of aryl methyl sites for hydroxylation is 1. The van der Waals surface area contributed by atoms with Crippen molar-refractivity contribution in [3.05, 3.63) is 65.2 Å². The first-order chi connectivity index (χ1) is 9.74. The number of hydrogen-bond donors (Lipinski definition) is 1. The maximum absolute atomic E-state index is 12.6. The van der Waals surface area contributed by atoms with Crippen LogP contribution in [-0.4, -0.2) is 10.9 Å². The molecule has 2 aromatic carbocycles. The predicted octanol–water partition coefficient (Wildman–Crippen LogP) is 3.62. The summed E-state index contributed by atoms with van der Waals surface area (Å²) in [5.41, 5.74) is 3.50. The van der Waals surface area contributed by atoms with Gasteiger partial charge in [-0.1, -0.05) is 36.4 Å². The summed E-state index contributed by atoms with van der Waals surface area (Å²) >= 11 is 0. The molecule has 0 aliphatic heterocycles. The molecule has 1 aliphatic carbocycles. The summed E-state index contributed by atoms with van der Waals surface area (Å²) in [4.78, 5) is 12.6. The lowest BCUT2D eigenvalue weighted by Crippen LogP contribution is -2.20. The van der Waals surface area contributed by atoms with Gasteiger partial charge in [-0.2, -0.15) is 0 Å². The number of carbonyl (C=O) groups excluding carboxylic acids is 1. The van der Waals surface area contributed by atoms with E-state index in [1.54, 1.807) is 12.1 Å². The van der Waals surface area contributed by atoms with Gasteiger partial charge in [0.25, 0.3) is 0 Å². The van der Waals surface area contributed by atoms with E-state index in [1.807, 2.05) is 24.3 Å². The highest BCUT2D eigenvalue weighted by Crippen LogP contribution is 2.32. The number of phenolic OH excluding ortho intramolecular Hbond substituents is 1. The predicted molar refractivity (Wildman–Crippen MR) is 78.9 cm³/mol. The molecule has 2 nitrogen and oxygen atoms in total. The molecule has 0 saturated heterocycles. The van der Waals surface area contributed by atoms with E-state index in [0.717, 1.165) is 24.8 Å². The second-order valence-corrected chi connectivity index (χ2v) is 5.45. The molecular formula is C18H18O2. The molecule has 0 radical (unpaired) electrons. The standard InChI is InChI=1S/C18H18O2/c19-15-10-8-13(9-11-15)12-18(20)17-7-3-5-14-4-1-2-6-16(14)17/h1-2,4,6,8-11,17,19H,3,5,7,12H2. The molecule has 0 aromatic heterocycles. The highest BCUT2D eigenvalue weighted by molar-refractivity contribution is 5.88. The number of phenols is 1. The normalized spacial score (nSPS) is 17.5. The van der Waals surface area contributed by atoms with Gasteiger partial charge >= 0.3 is 0 Å². The third-order valence-corrected chi connectivity index (χ3v) is 4.07. The van der Waals surface area contributed by atoms with Gasteiger partial charge in [0.2, 0.25) is 0 Å². The van der Waals surface area contributed by atoms with Crippen LogP contribution in [0.25, 0.3) is 0 Å². The lowest BCUT2D eigenvalue weighted by molar-refractivity contribution is -0.120. The lowest BCUT2D eigenvalue weighted by Gasteiger charge is -2.24. The summed E-state index contributed by atoms with van der Waals surface area (Å²) < 4.78 is 0. The Morgan fingerprint density at radius 2 is 1.85 bits per heavy atom. The van der Waals surface area contributed by atoms with Gasteiger partial charge in [-0.25, -0.2) is 0 Å². The van der Waals surface area contributed by atoms with Crippen LogP contribution < -0.4 is 0 Å². The second-order valence-electron chi connectivity index (χ2n) is 5.45. The smallest absolute Gasteiger partial charge is 0.144 e. The minimum absolute atomic E-state index is 0.0359. The number of ketones is 1. The zero-order chi connectivity index (χ0) is 13.9. The minimum atomic E-state index is 0.0359. The first-order valence-corrected chi connectivity index (χ1v) is 7.12. The van der Waals surface area contributed by atoms with Crippen molar-refractivity contribution < 1.29 is 9.90 Å². The number of hydrogen-bond acceptors (Lipinski definition) is 2. The van der Waals surface area contributed by atoms with Gasteiger partial charge in [-0.15, -0.1) is 0 Å². The fraction of sp³-hybridized carbons (Fsp3) is 0.278. The number of carbonyl (C=O) groups is 1. The maximum Gasteiger partial charge on any atom is 0.144 e. The molecule has 3 rings (SSSR count). The van der Waals surface area contributed by atoms with Gasteiger partial charge in [0, 0.05) is 12.3 Å². The van der Waals surface area contributed by atoms with E-state index in [1.165, 1.54) is 11.1 Å². The van der Waals surface area contributed by atoms with E-state index in [0.29, 0.717) is 6.42 Å². The van der Waals surface area contributed by atoms with Gasteiger partial charge in [-0.05, 0) is 48.1 Å². The zero-order valence-corrected chi connectivity index (χ0v) is 11.4. The molecule has 102 valence electrons. The van der Waals surface area contributed by atoms with Gasteiger partial charge in [0.05, 0.1) is 0 Å². The van der Waals surface area contributed by atoms with Crippen LogP contribution in [0, 0.1) is 0 Å². The molecule has 2 aromatic rings. The molecule has 1 N–H and O–H groups in total. The molecule has 0 fully saturated rings. The van der Waals surface area contributed by atoms with Crippen LogP contribution in [0.5, 0.6) is 5.75 Å². The first-order valence-electron chi connectivity index (χ1n) is 7.12. The summed E-state index contributed by atoms with van der Waals surface area (Å²) in [7, 11) is 0. The van der Waals surface area contributed by atoms with E-state index in [9.17, 15) is 9.90 Å². The van der Waals surface area contributed by atoms with E-state index >= 15 is 0 Å². The molecular weight excluding hydrogens is 248 g/mol. The lowest BCUT2D eigenvalue weighted by atomic mass is 9.79. The van der Waals surface area contributed by atoms with Gasteiger partial charge in [0.15, 0.2) is 0 Å². The van der Waals surface area contributed by atoms with Crippen LogP contribution in [0.15, 0.2) is 48.5 Å². The Labute approximate surface area is 119 Å². The summed E-state index contributed by atoms with van der Waals surface area (Å²) in [5.74, 6) is 0.556. The molecule has 2 heteroatoms. The van der Waals surface area contributed by atoms with E-state index in [4.69, 9.17) is 0 Å². The van der Waals surface area contributed by atoms with Crippen molar-refractivity contribution in [1.29, 1.82) is 0 Å². The molecule has 1 aliphatic rings. The van der Waals surface area contributed by atoms with Crippen molar-refractivity contribution in [2.45, 2.75) is 31.6 Å². The fourth-order valence-corrected chi connectivity index (χ4v) is 3.03. The molecule has 0 heterocycles. The van der Waals surface area contributed by atoms with Crippen molar-refractivity contribution in [3.8, 4) is 5.75 Å². The Morgan fingerprint density at radius 1 is 1.10 bits per heavy atom. The van der Waals surface area contributed by atoms with Crippen LogP contribution in [-0.2, 0) is 17.6 Å². The summed E-state index contributed by atoms with van der Waals surface area (Å²) in [5, 5.41) is 9.28. The topological polar surface area (TPSA) is 37.3 Å². The van der Waals surface area contributed by atoms with Gasteiger partial charge in [-0.3, -0.25) is 4.79 Å². The molecule has 0 amide bonds. The highest BCUT2D eigenvalue weighted by atomic mass is 16.3. The monoisotopic (exact) mass is 266 g/mol. The average Bonchev–Trinajstić information content (AvgIpc) is 2.49. The first kappa shape index (κ1) is 12.9. The van der Waals surface area contributed by atoms with Crippen molar-refractivity contribution in [3.63, 3.8) is 0 Å². The number of fused-ring (bicyclic) bond motifs is 1. The van der Waals surface area contributed by atoms with Crippen molar-refractivity contribution in [2.75, 3.05) is 0 Å². The molecule has 0 saturated carbocycles. The SMILES string of the molecule is O=C(Cc1ccc(O)cc1)C1CCCc2ccccc21. The molecule has 20 heavy (non-hydrogen) atoms. The van der Waals surface area contributed by atoms with Crippen molar-refractivity contribution in [2.24, 2.45) is 0 Å². The Kier molecular flexibility index (Phi) is 3.55. The van der Waals surface area contributed by atoms with Crippen LogP contribution >= 0.6 is 0 Å². The zero-order valence-electron chi connectivity index (χ0n) is 11.4. The van der Waals surface area contributed by atoms with Crippen LogP contribution in [0.2, 0.25) is 0 Å². The van der Waals surface area contributed by atoms with Crippen LogP contribution in [0.1, 0.15) is 35.4 Å². The quantitative estimate of drug-likeness (QED) is 0.921. The Bertz CT molecular complexity index is 614. The number of rotatable bonds is 3. The number of aromatic hydroxyl groups is 1. The van der Waals surface area contributed by atoms with Crippen molar-refractivity contribution in [1.82, 2.24) is 0 Å².